The van der Waals surface area contributed by atoms with Gasteiger partial charge in [0, 0.05) is 0 Å². The molecule has 5 aromatic rings. The number of carbonyl (C=O) groups excluding carboxylic acids is 1. The van der Waals surface area contributed by atoms with E-state index in [0.717, 1.165) is 33.0 Å². The van der Waals surface area contributed by atoms with Gasteiger partial charge in [-0.25, -0.2) is 4.79 Å². The van der Waals surface area contributed by atoms with E-state index >= 15 is 0 Å². The monoisotopic (exact) mass is 574 g/mol. The van der Waals surface area contributed by atoms with Gasteiger partial charge < -0.3 is 19.7 Å². The SMILES string of the molecule is COC(=O)c1ccc2cccc(CC[C@H](O)[C@H](COC(c3ccccc3)(c3ccccc3)c3ccccc3)C(=O)O)c2c1. The number of rotatable bonds is 12. The fourth-order valence-corrected chi connectivity index (χ4v) is 5.64. The van der Waals surface area contributed by atoms with Gasteiger partial charge in [0.1, 0.15) is 11.5 Å². The first kappa shape index (κ1) is 29.7. The molecule has 0 saturated carbocycles. The minimum Gasteiger partial charge on any atom is -0.481 e. The quantitative estimate of drug-likeness (QED) is 0.128. The molecular weight excluding hydrogens is 540 g/mol. The molecule has 0 aliphatic rings. The summed E-state index contributed by atoms with van der Waals surface area (Å²) < 4.78 is 11.6. The molecule has 0 saturated heterocycles. The van der Waals surface area contributed by atoms with Crippen LogP contribution >= 0.6 is 0 Å². The first-order valence-electron chi connectivity index (χ1n) is 14.3. The molecular formula is C37H34O6. The zero-order valence-electron chi connectivity index (χ0n) is 23.9. The predicted molar refractivity (Wildman–Crippen MR) is 166 cm³/mol. The van der Waals surface area contributed by atoms with Gasteiger partial charge >= 0.3 is 11.9 Å². The third-order valence-corrected chi connectivity index (χ3v) is 7.90. The van der Waals surface area contributed by atoms with Crippen molar-refractivity contribution < 1.29 is 29.3 Å². The third-order valence-electron chi connectivity index (χ3n) is 7.90. The zero-order valence-corrected chi connectivity index (χ0v) is 23.9. The number of aliphatic hydroxyl groups is 1. The topological polar surface area (TPSA) is 93.1 Å². The Balaban J connectivity index is 1.44. The molecule has 0 amide bonds. The Bertz CT molecular complexity index is 1570. The number of benzene rings is 5. The van der Waals surface area contributed by atoms with E-state index < -0.39 is 29.6 Å². The second-order valence-electron chi connectivity index (χ2n) is 10.5. The van der Waals surface area contributed by atoms with Gasteiger partial charge in [-0.1, -0.05) is 115 Å². The number of methoxy groups -OCH3 is 1. The predicted octanol–water partition coefficient (Wildman–Crippen LogP) is 6.63. The lowest BCUT2D eigenvalue weighted by Gasteiger charge is -2.37. The summed E-state index contributed by atoms with van der Waals surface area (Å²) in [5.74, 6) is -2.75. The molecule has 2 atom stereocenters. The summed E-state index contributed by atoms with van der Waals surface area (Å²) in [6.07, 6.45) is -0.582. The van der Waals surface area contributed by atoms with Crippen LogP contribution < -0.4 is 0 Å². The Labute approximate surface area is 251 Å². The molecule has 0 aliphatic carbocycles. The molecule has 0 bridgehead atoms. The van der Waals surface area contributed by atoms with Crippen LogP contribution in [0.3, 0.4) is 0 Å². The van der Waals surface area contributed by atoms with Crippen LogP contribution in [0.2, 0.25) is 0 Å². The summed E-state index contributed by atoms with van der Waals surface area (Å²) >= 11 is 0. The average molecular weight is 575 g/mol. The second-order valence-corrected chi connectivity index (χ2v) is 10.5. The molecule has 5 rings (SSSR count). The maximum absolute atomic E-state index is 12.6. The van der Waals surface area contributed by atoms with Gasteiger partial charge in [-0.2, -0.15) is 0 Å². The van der Waals surface area contributed by atoms with Gasteiger partial charge in [0.25, 0.3) is 0 Å². The zero-order chi connectivity index (χ0) is 30.2. The van der Waals surface area contributed by atoms with E-state index in [1.165, 1.54) is 7.11 Å². The Kier molecular flexibility index (Phi) is 9.30. The van der Waals surface area contributed by atoms with Gasteiger partial charge in [0.2, 0.25) is 0 Å². The lowest BCUT2D eigenvalue weighted by atomic mass is 9.80. The van der Waals surface area contributed by atoms with E-state index in [-0.39, 0.29) is 13.0 Å². The van der Waals surface area contributed by atoms with Gasteiger partial charge in [0.05, 0.1) is 25.4 Å². The van der Waals surface area contributed by atoms with E-state index in [4.69, 9.17) is 9.47 Å². The first-order chi connectivity index (χ1) is 20.9. The van der Waals surface area contributed by atoms with Crippen molar-refractivity contribution in [1.82, 2.24) is 0 Å². The number of hydrogen-bond acceptors (Lipinski definition) is 5. The Morgan fingerprint density at radius 3 is 1.81 bits per heavy atom. The molecule has 0 aromatic heterocycles. The van der Waals surface area contributed by atoms with Crippen LogP contribution in [-0.2, 0) is 26.3 Å². The number of hydrogen-bond donors (Lipinski definition) is 2. The van der Waals surface area contributed by atoms with Crippen LogP contribution in [-0.4, -0.2) is 42.0 Å². The standard InChI is InChI=1S/C37H34O6/c1-42-36(41)28-21-20-26-12-11-13-27(32(26)24-28)22-23-34(38)33(35(39)40)25-43-37(29-14-5-2-6-15-29,30-16-7-3-8-17-30)31-18-9-4-10-19-31/h2-21,24,33-34,38H,22-23,25H2,1H3,(H,39,40)/t33-,34-/m0/s1. The van der Waals surface area contributed by atoms with Crippen molar-refractivity contribution in [2.24, 2.45) is 5.92 Å². The number of fused-ring (bicyclic) bond motifs is 1. The number of carboxylic acids is 1. The normalized spacial score (nSPS) is 12.9. The molecule has 6 heteroatoms. The van der Waals surface area contributed by atoms with Crippen molar-refractivity contribution in [3.05, 3.63) is 155 Å². The molecule has 218 valence electrons. The Hall–Kier alpha value is -4.78. The molecule has 5 aromatic carbocycles. The fraction of sp³-hybridized carbons (Fsp3) is 0.189. The summed E-state index contributed by atoms with van der Waals surface area (Å²) in [7, 11) is 1.34. The van der Waals surface area contributed by atoms with E-state index in [9.17, 15) is 19.8 Å². The molecule has 6 nitrogen and oxygen atoms in total. The van der Waals surface area contributed by atoms with E-state index in [2.05, 4.69) is 0 Å². The van der Waals surface area contributed by atoms with E-state index in [1.807, 2.05) is 115 Å². The molecule has 0 heterocycles. The lowest BCUT2D eigenvalue weighted by molar-refractivity contribution is -0.151. The molecule has 2 N–H and O–H groups in total. The van der Waals surface area contributed by atoms with Crippen LogP contribution in [0.25, 0.3) is 10.8 Å². The summed E-state index contributed by atoms with van der Waals surface area (Å²) in [6, 6.07) is 40.3. The van der Waals surface area contributed by atoms with Gasteiger partial charge in [-0.15, -0.1) is 0 Å². The maximum atomic E-state index is 12.6. The van der Waals surface area contributed by atoms with E-state index in [1.54, 1.807) is 12.1 Å². The highest BCUT2D eigenvalue weighted by Crippen LogP contribution is 2.41. The van der Waals surface area contributed by atoms with Crippen molar-refractivity contribution in [3.63, 3.8) is 0 Å². The van der Waals surface area contributed by atoms with Crippen molar-refractivity contribution in [3.8, 4) is 0 Å². The molecule has 43 heavy (non-hydrogen) atoms. The third kappa shape index (κ3) is 6.36. The van der Waals surface area contributed by atoms with Crippen molar-refractivity contribution in [1.29, 1.82) is 0 Å². The molecule has 0 spiro atoms. The maximum Gasteiger partial charge on any atom is 0.337 e. The van der Waals surface area contributed by atoms with Crippen LogP contribution in [0.15, 0.2) is 127 Å². The minimum atomic E-state index is -1.18. The highest BCUT2D eigenvalue weighted by Gasteiger charge is 2.40. The lowest BCUT2D eigenvalue weighted by Crippen LogP contribution is -2.39. The highest BCUT2D eigenvalue weighted by atomic mass is 16.5. The van der Waals surface area contributed by atoms with Crippen molar-refractivity contribution >= 4 is 22.7 Å². The molecule has 0 fully saturated rings. The molecule has 0 radical (unpaired) electrons. The van der Waals surface area contributed by atoms with Crippen LogP contribution in [0.1, 0.15) is 39.0 Å². The van der Waals surface area contributed by atoms with Crippen molar-refractivity contribution in [2.45, 2.75) is 24.5 Å². The van der Waals surface area contributed by atoms with Crippen LogP contribution in [0.4, 0.5) is 0 Å². The smallest absolute Gasteiger partial charge is 0.337 e. The summed E-state index contributed by atoms with van der Waals surface area (Å²) in [6.45, 7) is -0.225. The minimum absolute atomic E-state index is 0.191. The highest BCUT2D eigenvalue weighted by molar-refractivity contribution is 5.96. The molecule has 0 unspecified atom stereocenters. The van der Waals surface area contributed by atoms with Gasteiger partial charge in [0.15, 0.2) is 0 Å². The van der Waals surface area contributed by atoms with Gasteiger partial charge in [-0.05, 0) is 58.0 Å². The fourth-order valence-electron chi connectivity index (χ4n) is 5.64. The van der Waals surface area contributed by atoms with Crippen LogP contribution in [0.5, 0.6) is 0 Å². The number of carboxylic acid groups (broad SMARTS) is 1. The number of carbonyl (C=O) groups is 2. The second kappa shape index (κ2) is 13.5. The number of aliphatic carboxylic acids is 1. The number of aryl methyl sites for hydroxylation is 1. The summed E-state index contributed by atoms with van der Waals surface area (Å²) in [5.41, 5.74) is 2.78. The van der Waals surface area contributed by atoms with Gasteiger partial charge in [-0.3, -0.25) is 4.79 Å². The Morgan fingerprint density at radius 1 is 0.744 bits per heavy atom. The summed E-state index contributed by atoms with van der Waals surface area (Å²) in [4.78, 5) is 24.7. The largest absolute Gasteiger partial charge is 0.481 e. The number of esters is 1. The average Bonchev–Trinajstić information content (AvgIpc) is 3.06. The van der Waals surface area contributed by atoms with Crippen molar-refractivity contribution in [2.75, 3.05) is 13.7 Å². The van der Waals surface area contributed by atoms with E-state index in [0.29, 0.717) is 12.0 Å². The summed E-state index contributed by atoms with van der Waals surface area (Å²) in [5, 5.41) is 23.3. The van der Waals surface area contributed by atoms with Crippen LogP contribution in [0, 0.1) is 5.92 Å². The molecule has 0 aliphatic heterocycles. The Morgan fingerprint density at radius 2 is 1.30 bits per heavy atom. The number of aliphatic hydroxyl groups excluding tert-OH is 1. The first-order valence-corrected chi connectivity index (χ1v) is 14.3. The number of ether oxygens (including phenoxy) is 2.